The van der Waals surface area contributed by atoms with Crippen LogP contribution in [0.3, 0.4) is 0 Å². The van der Waals surface area contributed by atoms with Crippen LogP contribution in [0.2, 0.25) is 0 Å². The Kier molecular flexibility index (Phi) is 11.0. The predicted octanol–water partition coefficient (Wildman–Crippen LogP) is 16.1. The van der Waals surface area contributed by atoms with Crippen LogP contribution in [0.25, 0.3) is 134 Å². The highest BCUT2D eigenvalue weighted by atomic mass is 19.1. The Balaban J connectivity index is 0.991. The average molecular weight is 1010 g/mol. The molecule has 0 spiro atoms. The van der Waals surface area contributed by atoms with Crippen molar-refractivity contribution in [3.8, 4) is 96.9 Å². The molecule has 78 heavy (non-hydrogen) atoms. The van der Waals surface area contributed by atoms with Crippen LogP contribution in [0.4, 0.5) is 8.78 Å². The van der Waals surface area contributed by atoms with E-state index >= 15 is 8.78 Å². The molecule has 4 aromatic heterocycles. The smallest absolute Gasteiger partial charge is 0.164 e. The van der Waals surface area contributed by atoms with Gasteiger partial charge in [-0.3, -0.25) is 0 Å². The summed E-state index contributed by atoms with van der Waals surface area (Å²) in [7, 11) is 0. The van der Waals surface area contributed by atoms with Gasteiger partial charge in [0.15, 0.2) is 34.9 Å². The normalized spacial score (nSPS) is 11.4. The van der Waals surface area contributed by atoms with Gasteiger partial charge in [0.2, 0.25) is 0 Å². The number of nitriles is 1. The van der Waals surface area contributed by atoms with Gasteiger partial charge in [-0.2, -0.15) is 5.26 Å². The SMILES string of the molecule is N#Cc1c(-n2c3ccccc3c3cc(-c4nc(-c5ccccc5)nc(-c5ccccc5)n4)ccc32)ccc(-c2cc(F)cc(F)c2)c1-n1c2ccccc2c2cc(-c3nc(-c4ccccc4)nc(-c4ccccc4)n3)ccc21. The zero-order chi connectivity index (χ0) is 52.3. The molecule has 0 aliphatic carbocycles. The number of para-hydroxylation sites is 2. The molecule has 0 amide bonds. The predicted molar refractivity (Wildman–Crippen MR) is 305 cm³/mol. The molecule has 9 nitrogen and oxygen atoms in total. The molecule has 11 heteroatoms. The van der Waals surface area contributed by atoms with Gasteiger partial charge in [-0.25, -0.2) is 38.7 Å². The van der Waals surface area contributed by atoms with E-state index in [1.165, 1.54) is 12.1 Å². The number of halogens is 2. The van der Waals surface area contributed by atoms with Gasteiger partial charge in [-0.15, -0.1) is 0 Å². The molecule has 0 fully saturated rings. The van der Waals surface area contributed by atoms with Gasteiger partial charge in [0.25, 0.3) is 0 Å². The largest absolute Gasteiger partial charge is 0.308 e. The summed E-state index contributed by atoms with van der Waals surface area (Å²) in [5.74, 6) is 1.67. The minimum Gasteiger partial charge on any atom is -0.308 e. The quantitative estimate of drug-likeness (QED) is 0.142. The van der Waals surface area contributed by atoms with Crippen molar-refractivity contribution in [1.82, 2.24) is 39.0 Å². The minimum absolute atomic E-state index is 0.272. The molecule has 14 aromatic rings. The fourth-order valence-electron chi connectivity index (χ4n) is 10.7. The summed E-state index contributed by atoms with van der Waals surface area (Å²) in [5.41, 5.74) is 10.2. The van der Waals surface area contributed by atoms with Gasteiger partial charge in [0, 0.05) is 66.6 Å². The Morgan fingerprint density at radius 1 is 0.308 bits per heavy atom. The maximum Gasteiger partial charge on any atom is 0.164 e. The van der Waals surface area contributed by atoms with Crippen LogP contribution in [0, 0.1) is 23.0 Å². The molecule has 0 saturated carbocycles. The first kappa shape index (κ1) is 45.8. The fraction of sp³-hybridized carbons (Fsp3) is 0. The number of hydrogen-bond donors (Lipinski definition) is 0. The highest BCUT2D eigenvalue weighted by molar-refractivity contribution is 6.13. The van der Waals surface area contributed by atoms with Crippen molar-refractivity contribution in [2.45, 2.75) is 0 Å². The van der Waals surface area contributed by atoms with E-state index in [0.29, 0.717) is 51.9 Å². The van der Waals surface area contributed by atoms with Gasteiger partial charge in [-0.1, -0.05) is 164 Å². The second-order valence-corrected chi connectivity index (χ2v) is 18.9. The Morgan fingerprint density at radius 3 is 1.09 bits per heavy atom. The molecule has 0 unspecified atom stereocenters. The monoisotopic (exact) mass is 1010 g/mol. The maximum absolute atomic E-state index is 15.4. The molecule has 0 N–H and O–H groups in total. The summed E-state index contributed by atoms with van der Waals surface area (Å²) in [6.45, 7) is 0. The summed E-state index contributed by atoms with van der Waals surface area (Å²) in [6, 6.07) is 77.3. The van der Waals surface area contributed by atoms with Crippen molar-refractivity contribution < 1.29 is 8.78 Å². The number of aromatic nitrogens is 8. The molecule has 0 aliphatic rings. The summed E-state index contributed by atoms with van der Waals surface area (Å²) in [6.07, 6.45) is 0. The van der Waals surface area contributed by atoms with E-state index in [4.69, 9.17) is 29.9 Å². The van der Waals surface area contributed by atoms with Crippen molar-refractivity contribution in [3.63, 3.8) is 0 Å². The lowest BCUT2D eigenvalue weighted by Gasteiger charge is -2.20. The number of hydrogen-bond acceptors (Lipinski definition) is 7. The zero-order valence-electron chi connectivity index (χ0n) is 41.3. The molecule has 366 valence electrons. The molecule has 0 radical (unpaired) electrons. The lowest BCUT2D eigenvalue weighted by Crippen LogP contribution is -2.06. The summed E-state index contributed by atoms with van der Waals surface area (Å²) < 4.78 is 35.0. The highest BCUT2D eigenvalue weighted by Crippen LogP contribution is 2.43. The third-order valence-electron chi connectivity index (χ3n) is 14.2. The molecule has 0 bridgehead atoms. The number of benzene rings is 10. The third kappa shape index (κ3) is 7.91. The van der Waals surface area contributed by atoms with Crippen LogP contribution < -0.4 is 0 Å². The molecule has 0 aliphatic heterocycles. The van der Waals surface area contributed by atoms with Crippen molar-refractivity contribution in [1.29, 1.82) is 5.26 Å². The highest BCUT2D eigenvalue weighted by Gasteiger charge is 2.26. The van der Waals surface area contributed by atoms with Crippen molar-refractivity contribution in [2.24, 2.45) is 0 Å². The van der Waals surface area contributed by atoms with Gasteiger partial charge in [0.05, 0.1) is 33.4 Å². The van der Waals surface area contributed by atoms with E-state index in [2.05, 4.69) is 28.8 Å². The second kappa shape index (κ2) is 18.8. The standard InChI is InChI=1S/C67H39F2N9/c68-48-35-47(36-49(69)39-48)50-31-34-60(77-56-27-15-13-25-51(56)53-37-45(29-32-58(53)77)66-73-62(41-17-5-1-6-18-41)71-63(74-66)42-19-7-2-8-20-42)55(40-70)61(50)78-57-28-16-14-26-52(57)54-38-46(30-33-59(54)78)67-75-64(43-21-9-3-10-22-43)72-65(76-67)44-23-11-4-12-24-44/h1-39H. The molecule has 4 heterocycles. The zero-order valence-corrected chi connectivity index (χ0v) is 41.3. The first-order valence-electron chi connectivity index (χ1n) is 25.3. The molecular weight excluding hydrogens is 969 g/mol. The minimum atomic E-state index is -0.740. The number of fused-ring (bicyclic) bond motifs is 6. The number of rotatable bonds is 9. The van der Waals surface area contributed by atoms with Crippen LogP contribution >= 0.6 is 0 Å². The van der Waals surface area contributed by atoms with Gasteiger partial charge in [0.1, 0.15) is 23.3 Å². The van der Waals surface area contributed by atoms with Crippen LogP contribution in [0.15, 0.2) is 237 Å². The van der Waals surface area contributed by atoms with Crippen LogP contribution in [0.1, 0.15) is 5.56 Å². The van der Waals surface area contributed by atoms with E-state index in [0.717, 1.165) is 83.1 Å². The van der Waals surface area contributed by atoms with E-state index in [9.17, 15) is 5.26 Å². The van der Waals surface area contributed by atoms with Gasteiger partial charge in [-0.05, 0) is 72.3 Å². The fourth-order valence-corrected chi connectivity index (χ4v) is 10.7. The molecule has 10 aromatic carbocycles. The van der Waals surface area contributed by atoms with Crippen LogP contribution in [-0.2, 0) is 0 Å². The average Bonchev–Trinajstić information content (AvgIpc) is 4.14. The summed E-state index contributed by atoms with van der Waals surface area (Å²) in [5, 5.41) is 15.3. The molecule has 0 saturated heterocycles. The van der Waals surface area contributed by atoms with Crippen molar-refractivity contribution in [2.75, 3.05) is 0 Å². The summed E-state index contributed by atoms with van der Waals surface area (Å²) in [4.78, 5) is 30.0. The molecular formula is C67H39F2N9. The first-order valence-corrected chi connectivity index (χ1v) is 25.3. The lowest BCUT2D eigenvalue weighted by atomic mass is 9.97. The van der Waals surface area contributed by atoms with Crippen LogP contribution in [0.5, 0.6) is 0 Å². The molecule has 14 rings (SSSR count). The van der Waals surface area contributed by atoms with E-state index in [1.807, 2.05) is 205 Å². The number of nitrogens with zero attached hydrogens (tertiary/aromatic N) is 9. The Hall–Kier alpha value is -10.8. The maximum atomic E-state index is 15.4. The third-order valence-corrected chi connectivity index (χ3v) is 14.2. The van der Waals surface area contributed by atoms with E-state index in [-0.39, 0.29) is 11.1 Å². The van der Waals surface area contributed by atoms with Gasteiger partial charge < -0.3 is 9.13 Å². The first-order chi connectivity index (χ1) is 38.4. The molecule has 0 atom stereocenters. The second-order valence-electron chi connectivity index (χ2n) is 18.9. The van der Waals surface area contributed by atoms with E-state index in [1.54, 1.807) is 0 Å². The van der Waals surface area contributed by atoms with Crippen LogP contribution in [-0.4, -0.2) is 39.0 Å². The topological polar surface area (TPSA) is 111 Å². The Morgan fingerprint density at radius 2 is 0.667 bits per heavy atom. The summed E-state index contributed by atoms with van der Waals surface area (Å²) >= 11 is 0. The Labute approximate surface area is 445 Å². The van der Waals surface area contributed by atoms with Crippen molar-refractivity contribution >= 4 is 43.6 Å². The Bertz CT molecular complexity index is 4570. The van der Waals surface area contributed by atoms with E-state index < -0.39 is 11.6 Å². The lowest BCUT2D eigenvalue weighted by molar-refractivity contribution is 0.584. The van der Waals surface area contributed by atoms with Crippen molar-refractivity contribution in [3.05, 3.63) is 254 Å². The van der Waals surface area contributed by atoms with Gasteiger partial charge >= 0.3 is 0 Å².